The third kappa shape index (κ3) is 2.44. The van der Waals surface area contributed by atoms with Crippen LogP contribution >= 0.6 is 0 Å². The Kier molecular flexibility index (Phi) is 3.59. The monoisotopic (exact) mass is 294 g/mol. The van der Waals surface area contributed by atoms with Crippen molar-refractivity contribution < 1.29 is 19.5 Å². The van der Waals surface area contributed by atoms with E-state index < -0.39 is 24.1 Å². The van der Waals surface area contributed by atoms with E-state index in [4.69, 9.17) is 5.11 Å². The van der Waals surface area contributed by atoms with Gasteiger partial charge in [-0.15, -0.1) is 0 Å². The molecule has 0 aliphatic heterocycles. The molecule has 110 valence electrons. The number of hydrogen-bond acceptors (Lipinski definition) is 3. The van der Waals surface area contributed by atoms with Crippen molar-refractivity contribution in [2.24, 2.45) is 0 Å². The Morgan fingerprint density at radius 2 is 1.41 bits per heavy atom. The van der Waals surface area contributed by atoms with Crippen molar-refractivity contribution >= 4 is 17.5 Å². The van der Waals surface area contributed by atoms with Crippen LogP contribution in [0.1, 0.15) is 34.6 Å². The lowest BCUT2D eigenvalue weighted by atomic mass is 9.75. The fourth-order valence-corrected chi connectivity index (χ4v) is 3.01. The Balaban J connectivity index is 2.05. The number of carboxylic acids is 1. The lowest BCUT2D eigenvalue weighted by Crippen LogP contribution is -2.25. The molecular formula is C18H14O4. The van der Waals surface area contributed by atoms with E-state index in [-0.39, 0.29) is 5.78 Å². The van der Waals surface area contributed by atoms with Gasteiger partial charge in [0.1, 0.15) is 0 Å². The number of benzene rings is 2. The molecule has 0 bridgehead atoms. The predicted molar refractivity (Wildman–Crippen MR) is 79.8 cm³/mol. The topological polar surface area (TPSA) is 71.4 Å². The number of carbonyl (C=O) groups excluding carboxylic acids is 2. The van der Waals surface area contributed by atoms with Crippen molar-refractivity contribution in [2.75, 3.05) is 0 Å². The summed E-state index contributed by atoms with van der Waals surface area (Å²) in [6.07, 6.45) is 0.158. The smallest absolute Gasteiger partial charge is 0.372 e. The molecule has 0 saturated carbocycles. The highest BCUT2D eigenvalue weighted by Crippen LogP contribution is 2.37. The number of ketones is 2. The molecule has 0 saturated heterocycles. The quantitative estimate of drug-likeness (QED) is 0.694. The first-order valence-corrected chi connectivity index (χ1v) is 7.02. The lowest BCUT2D eigenvalue weighted by Gasteiger charge is -2.27. The third-order valence-corrected chi connectivity index (χ3v) is 4.01. The summed E-state index contributed by atoms with van der Waals surface area (Å²) in [5.74, 6) is -3.56. The van der Waals surface area contributed by atoms with E-state index in [1.54, 1.807) is 0 Å². The van der Waals surface area contributed by atoms with Crippen LogP contribution in [0.2, 0.25) is 0 Å². The van der Waals surface area contributed by atoms with Crippen molar-refractivity contribution in [3.05, 3.63) is 70.8 Å². The van der Waals surface area contributed by atoms with Crippen LogP contribution in [0.5, 0.6) is 0 Å². The van der Waals surface area contributed by atoms with E-state index in [1.165, 1.54) is 0 Å². The summed E-state index contributed by atoms with van der Waals surface area (Å²) in [4.78, 5) is 34.7. The highest BCUT2D eigenvalue weighted by Gasteiger charge is 2.32. The number of Topliss-reactive ketones (excluding diaryl/α,β-unsaturated/α-hetero) is 2. The van der Waals surface area contributed by atoms with E-state index >= 15 is 0 Å². The fourth-order valence-electron chi connectivity index (χ4n) is 3.01. The summed E-state index contributed by atoms with van der Waals surface area (Å²) in [7, 11) is 0. The molecule has 0 heterocycles. The van der Waals surface area contributed by atoms with E-state index in [1.807, 2.05) is 48.5 Å². The number of aliphatic carboxylic acids is 1. The number of hydrogen-bond donors (Lipinski definition) is 1. The van der Waals surface area contributed by atoms with Crippen molar-refractivity contribution in [2.45, 2.75) is 18.8 Å². The maximum atomic E-state index is 12.6. The number of rotatable bonds is 4. The Bertz CT molecular complexity index is 731. The Morgan fingerprint density at radius 1 is 0.909 bits per heavy atom. The van der Waals surface area contributed by atoms with Gasteiger partial charge in [-0.3, -0.25) is 9.59 Å². The van der Waals surface area contributed by atoms with Gasteiger partial charge in [0, 0.05) is 0 Å². The van der Waals surface area contributed by atoms with Gasteiger partial charge < -0.3 is 5.11 Å². The first kappa shape index (κ1) is 14.2. The van der Waals surface area contributed by atoms with Gasteiger partial charge >= 0.3 is 5.97 Å². The van der Waals surface area contributed by atoms with Gasteiger partial charge in [-0.1, -0.05) is 48.5 Å². The van der Waals surface area contributed by atoms with Crippen LogP contribution in [0.15, 0.2) is 48.5 Å². The summed E-state index contributed by atoms with van der Waals surface area (Å²) in [5.41, 5.74) is 3.82. The molecule has 0 radical (unpaired) electrons. The average molecular weight is 294 g/mol. The summed E-state index contributed by atoms with van der Waals surface area (Å²) in [6, 6.07) is 15.2. The molecule has 1 N–H and O–H groups in total. The summed E-state index contributed by atoms with van der Waals surface area (Å²) in [5, 5.41) is 8.72. The van der Waals surface area contributed by atoms with Gasteiger partial charge in [0.2, 0.25) is 5.78 Å². The molecule has 22 heavy (non-hydrogen) atoms. The largest absolute Gasteiger partial charge is 0.475 e. The van der Waals surface area contributed by atoms with Gasteiger partial charge in [-0.2, -0.15) is 0 Å². The lowest BCUT2D eigenvalue weighted by molar-refractivity contribution is -0.150. The third-order valence-electron chi connectivity index (χ3n) is 4.01. The van der Waals surface area contributed by atoms with Crippen molar-refractivity contribution in [1.82, 2.24) is 0 Å². The Hall–Kier alpha value is -2.75. The number of carbonyl (C=O) groups is 3. The molecule has 4 heteroatoms. The van der Waals surface area contributed by atoms with Gasteiger partial charge in [-0.05, 0) is 28.7 Å². The summed E-state index contributed by atoms with van der Waals surface area (Å²) >= 11 is 0. The van der Waals surface area contributed by atoms with Crippen LogP contribution in [0, 0.1) is 0 Å². The standard InChI is InChI=1S/C18H14O4/c19-15(10-16(20)18(21)22)17-13-7-3-1-5-11(13)9-12-6-2-4-8-14(12)17/h1-8,17H,9-10H2,(H,21,22). The van der Waals surface area contributed by atoms with Crippen molar-refractivity contribution in [1.29, 1.82) is 0 Å². The zero-order valence-electron chi connectivity index (χ0n) is 11.8. The first-order chi connectivity index (χ1) is 10.6. The normalized spacial score (nSPS) is 13.1. The van der Waals surface area contributed by atoms with E-state index in [9.17, 15) is 14.4 Å². The molecule has 1 aliphatic carbocycles. The predicted octanol–water partition coefficient (Wildman–Crippen LogP) is 2.34. The van der Waals surface area contributed by atoms with Crippen LogP contribution in [0.25, 0.3) is 0 Å². The van der Waals surface area contributed by atoms with Crippen LogP contribution in [-0.2, 0) is 20.8 Å². The molecular weight excluding hydrogens is 280 g/mol. The Morgan fingerprint density at radius 3 is 1.91 bits per heavy atom. The second-order valence-electron chi connectivity index (χ2n) is 5.38. The van der Waals surface area contributed by atoms with Gasteiger partial charge in [-0.25, -0.2) is 4.79 Å². The van der Waals surface area contributed by atoms with Gasteiger partial charge in [0.25, 0.3) is 0 Å². The fraction of sp³-hybridized carbons (Fsp3) is 0.167. The maximum absolute atomic E-state index is 12.6. The highest BCUT2D eigenvalue weighted by atomic mass is 16.4. The number of carboxylic acid groups (broad SMARTS) is 1. The molecule has 3 rings (SSSR count). The highest BCUT2D eigenvalue weighted by molar-refractivity contribution is 6.36. The van der Waals surface area contributed by atoms with E-state index in [0.717, 1.165) is 28.7 Å². The minimum atomic E-state index is -1.56. The molecule has 0 spiro atoms. The number of fused-ring (bicyclic) bond motifs is 2. The SMILES string of the molecule is O=C(O)C(=O)CC(=O)C1c2ccccc2Cc2ccccc21. The molecule has 2 aromatic rings. The van der Waals surface area contributed by atoms with Crippen LogP contribution in [0.4, 0.5) is 0 Å². The molecule has 1 aliphatic rings. The maximum Gasteiger partial charge on any atom is 0.372 e. The average Bonchev–Trinajstić information content (AvgIpc) is 2.52. The minimum absolute atomic E-state index is 0.369. The summed E-state index contributed by atoms with van der Waals surface area (Å²) in [6.45, 7) is 0. The molecule has 0 aromatic heterocycles. The molecule has 2 aromatic carbocycles. The van der Waals surface area contributed by atoms with Gasteiger partial charge in [0.15, 0.2) is 5.78 Å². The minimum Gasteiger partial charge on any atom is -0.475 e. The van der Waals surface area contributed by atoms with E-state index in [0.29, 0.717) is 0 Å². The van der Waals surface area contributed by atoms with Crippen LogP contribution in [0.3, 0.4) is 0 Å². The van der Waals surface area contributed by atoms with Crippen molar-refractivity contribution in [3.63, 3.8) is 0 Å². The Labute approximate surface area is 127 Å². The van der Waals surface area contributed by atoms with Crippen LogP contribution < -0.4 is 0 Å². The molecule has 0 fully saturated rings. The van der Waals surface area contributed by atoms with Crippen LogP contribution in [-0.4, -0.2) is 22.6 Å². The first-order valence-electron chi connectivity index (χ1n) is 7.02. The van der Waals surface area contributed by atoms with Gasteiger partial charge in [0.05, 0.1) is 12.3 Å². The summed E-state index contributed by atoms with van der Waals surface area (Å²) < 4.78 is 0. The molecule has 0 atom stereocenters. The zero-order chi connectivity index (χ0) is 15.7. The second kappa shape index (κ2) is 5.56. The molecule has 0 unspecified atom stereocenters. The second-order valence-corrected chi connectivity index (χ2v) is 5.38. The van der Waals surface area contributed by atoms with Crippen molar-refractivity contribution in [3.8, 4) is 0 Å². The zero-order valence-corrected chi connectivity index (χ0v) is 11.8. The molecule has 0 amide bonds. The molecule has 4 nitrogen and oxygen atoms in total. The van der Waals surface area contributed by atoms with E-state index in [2.05, 4.69) is 0 Å².